The average Bonchev–Trinajstić information content (AvgIpc) is 3.13. The first-order valence-corrected chi connectivity index (χ1v) is 11.4. The predicted molar refractivity (Wildman–Crippen MR) is 115 cm³/mol. The minimum Gasteiger partial charge on any atom is -0.451 e. The molecule has 1 N–H and O–H groups in total. The number of aromatic nitrogens is 1. The maximum atomic E-state index is 12.6. The molecule has 31 heavy (non-hydrogen) atoms. The van der Waals surface area contributed by atoms with E-state index in [9.17, 15) is 9.59 Å². The van der Waals surface area contributed by atoms with Gasteiger partial charge in [-0.2, -0.15) is 0 Å². The lowest BCUT2D eigenvalue weighted by Crippen LogP contribution is -2.56. The van der Waals surface area contributed by atoms with Crippen molar-refractivity contribution in [2.75, 3.05) is 6.61 Å². The minimum atomic E-state index is -0.638. The zero-order valence-corrected chi connectivity index (χ0v) is 18.2. The molecule has 1 aromatic carbocycles. The summed E-state index contributed by atoms with van der Waals surface area (Å²) < 4.78 is 10.9. The third kappa shape index (κ3) is 3.88. The molecular weight excluding hydrogens is 392 g/mol. The summed E-state index contributed by atoms with van der Waals surface area (Å²) in [6, 6.07) is 9.48. The highest BCUT2D eigenvalue weighted by Gasteiger charge is 2.53. The maximum Gasteiger partial charge on any atom is 0.361 e. The number of amides is 1. The van der Waals surface area contributed by atoms with E-state index >= 15 is 0 Å². The van der Waals surface area contributed by atoms with Crippen molar-refractivity contribution in [1.29, 1.82) is 0 Å². The number of nitrogens with one attached hydrogen (secondary N) is 1. The first-order valence-electron chi connectivity index (χ1n) is 11.4. The lowest BCUT2D eigenvalue weighted by Gasteiger charge is -2.59. The molecule has 0 radical (unpaired) electrons. The van der Waals surface area contributed by atoms with Gasteiger partial charge in [-0.25, -0.2) is 9.78 Å². The number of benzene rings is 1. The Morgan fingerprint density at radius 2 is 1.74 bits per heavy atom. The molecule has 0 aliphatic heterocycles. The molecule has 1 aromatic heterocycles. The van der Waals surface area contributed by atoms with Gasteiger partial charge >= 0.3 is 5.97 Å². The molecule has 2 aromatic rings. The van der Waals surface area contributed by atoms with Crippen molar-refractivity contribution in [1.82, 2.24) is 10.3 Å². The summed E-state index contributed by atoms with van der Waals surface area (Å²) in [7, 11) is 0. The number of ether oxygens (including phenoxy) is 1. The van der Waals surface area contributed by atoms with Crippen LogP contribution in [0.1, 0.15) is 61.7 Å². The largest absolute Gasteiger partial charge is 0.451 e. The van der Waals surface area contributed by atoms with Gasteiger partial charge in [0.1, 0.15) is 5.76 Å². The maximum absolute atomic E-state index is 12.6. The second kappa shape index (κ2) is 7.81. The number of carbonyl (C=O) groups excluding carboxylic acids is 2. The van der Waals surface area contributed by atoms with Crippen LogP contribution in [0.2, 0.25) is 0 Å². The van der Waals surface area contributed by atoms with Gasteiger partial charge in [0, 0.05) is 11.6 Å². The van der Waals surface area contributed by atoms with Gasteiger partial charge < -0.3 is 14.5 Å². The Hall–Kier alpha value is -2.63. The predicted octanol–water partition coefficient (Wildman–Crippen LogP) is 4.53. The second-order valence-corrected chi connectivity index (χ2v) is 9.94. The number of nitrogens with zero attached hydrogens (tertiary/aromatic N) is 1. The number of hydrogen-bond acceptors (Lipinski definition) is 5. The van der Waals surface area contributed by atoms with E-state index in [1.807, 2.05) is 30.3 Å². The van der Waals surface area contributed by atoms with Crippen molar-refractivity contribution >= 4 is 11.9 Å². The van der Waals surface area contributed by atoms with Crippen molar-refractivity contribution in [3.63, 3.8) is 0 Å². The molecule has 6 rings (SSSR count). The molecular formula is C25H30N2O4. The second-order valence-electron chi connectivity index (χ2n) is 9.94. The monoisotopic (exact) mass is 422 g/mol. The fourth-order valence-electron chi connectivity index (χ4n) is 6.63. The molecule has 4 fully saturated rings. The van der Waals surface area contributed by atoms with E-state index in [1.165, 1.54) is 38.5 Å². The van der Waals surface area contributed by atoms with Crippen molar-refractivity contribution in [2.24, 2.45) is 23.2 Å². The van der Waals surface area contributed by atoms with Crippen LogP contribution >= 0.6 is 0 Å². The summed E-state index contributed by atoms with van der Waals surface area (Å²) in [6.45, 7) is 3.49. The fourth-order valence-corrected chi connectivity index (χ4v) is 6.63. The lowest BCUT2D eigenvalue weighted by molar-refractivity contribution is -0.128. The zero-order chi connectivity index (χ0) is 21.6. The molecule has 4 aliphatic rings. The van der Waals surface area contributed by atoms with Crippen molar-refractivity contribution in [3.8, 4) is 11.5 Å². The van der Waals surface area contributed by atoms with Gasteiger partial charge in [0.05, 0.1) is 0 Å². The normalized spacial score (nSPS) is 29.5. The van der Waals surface area contributed by atoms with Gasteiger partial charge in [0.25, 0.3) is 5.91 Å². The number of aryl methyl sites for hydroxylation is 1. The molecule has 4 bridgehead atoms. The Morgan fingerprint density at radius 3 is 2.35 bits per heavy atom. The first-order chi connectivity index (χ1) is 14.9. The van der Waals surface area contributed by atoms with Gasteiger partial charge in [0.2, 0.25) is 5.89 Å². The molecule has 164 valence electrons. The van der Waals surface area contributed by atoms with E-state index in [0.29, 0.717) is 11.7 Å². The summed E-state index contributed by atoms with van der Waals surface area (Å²) in [5, 5.41) is 3.13. The Kier molecular flexibility index (Phi) is 5.11. The van der Waals surface area contributed by atoms with E-state index in [4.69, 9.17) is 9.15 Å². The third-order valence-electron chi connectivity index (χ3n) is 7.73. The number of carbonyl (C=O) groups is 2. The quantitative estimate of drug-likeness (QED) is 0.692. The SMILES string of the molecule is Cc1oc(-c2ccccc2)nc1C(=O)OCC(=O)N[C@H](C)C12CC3CC(CC(C3)C1)C2. The fraction of sp³-hybridized carbons (Fsp3) is 0.560. The van der Waals surface area contributed by atoms with Crippen LogP contribution in [0.5, 0.6) is 0 Å². The van der Waals surface area contributed by atoms with Crippen LogP contribution in [0.3, 0.4) is 0 Å². The van der Waals surface area contributed by atoms with E-state index < -0.39 is 5.97 Å². The number of rotatable bonds is 6. The lowest BCUT2D eigenvalue weighted by atomic mass is 9.48. The van der Waals surface area contributed by atoms with Crippen molar-refractivity contribution < 1.29 is 18.7 Å². The van der Waals surface area contributed by atoms with E-state index in [0.717, 1.165) is 23.3 Å². The van der Waals surface area contributed by atoms with E-state index in [-0.39, 0.29) is 29.7 Å². The molecule has 1 amide bonds. The number of esters is 1. The summed E-state index contributed by atoms with van der Waals surface area (Å²) >= 11 is 0. The van der Waals surface area contributed by atoms with Crippen molar-refractivity contribution in [3.05, 3.63) is 41.8 Å². The summed E-state index contributed by atoms with van der Waals surface area (Å²) in [4.78, 5) is 29.3. The summed E-state index contributed by atoms with van der Waals surface area (Å²) in [5.41, 5.74) is 1.12. The Bertz CT molecular complexity index is 945. The Balaban J connectivity index is 1.18. The topological polar surface area (TPSA) is 81.4 Å². The van der Waals surface area contributed by atoms with E-state index in [1.54, 1.807) is 6.92 Å². The van der Waals surface area contributed by atoms with Gasteiger partial charge in [-0.3, -0.25) is 4.79 Å². The highest BCUT2D eigenvalue weighted by atomic mass is 16.5. The van der Waals surface area contributed by atoms with Gasteiger partial charge in [-0.05, 0) is 87.7 Å². The average molecular weight is 423 g/mol. The molecule has 0 unspecified atom stereocenters. The van der Waals surface area contributed by atoms with Gasteiger partial charge in [-0.1, -0.05) is 18.2 Å². The standard InChI is InChI=1S/C25H30N2O4/c1-15-22(27-23(31-15)20-6-4-3-5-7-20)24(29)30-14-21(28)26-16(2)25-11-17-8-18(12-25)10-19(9-17)13-25/h3-7,16-19H,8-14H2,1-2H3,(H,26,28)/t16-,17?,18?,19?,25?/m1/s1. The summed E-state index contributed by atoms with van der Waals surface area (Å²) in [5.74, 6) is 2.35. The van der Waals surface area contributed by atoms with Gasteiger partial charge in [0.15, 0.2) is 12.3 Å². The Morgan fingerprint density at radius 1 is 1.13 bits per heavy atom. The van der Waals surface area contributed by atoms with Crippen LogP contribution in [0.4, 0.5) is 0 Å². The molecule has 6 nitrogen and oxygen atoms in total. The van der Waals surface area contributed by atoms with Gasteiger partial charge in [-0.15, -0.1) is 0 Å². The number of oxazole rings is 1. The van der Waals surface area contributed by atoms with E-state index in [2.05, 4.69) is 17.2 Å². The number of hydrogen-bond donors (Lipinski definition) is 1. The zero-order valence-electron chi connectivity index (χ0n) is 18.2. The molecule has 1 atom stereocenters. The molecule has 1 heterocycles. The van der Waals surface area contributed by atoms with Crippen LogP contribution in [0.15, 0.2) is 34.7 Å². The van der Waals surface area contributed by atoms with Crippen LogP contribution in [0, 0.1) is 30.1 Å². The highest BCUT2D eigenvalue weighted by molar-refractivity contribution is 5.91. The van der Waals surface area contributed by atoms with Crippen LogP contribution < -0.4 is 5.32 Å². The van der Waals surface area contributed by atoms with Crippen LogP contribution in [-0.4, -0.2) is 29.5 Å². The third-order valence-corrected chi connectivity index (χ3v) is 7.73. The molecule has 4 saturated carbocycles. The minimum absolute atomic E-state index is 0.102. The van der Waals surface area contributed by atoms with Crippen molar-refractivity contribution in [2.45, 2.75) is 58.4 Å². The smallest absolute Gasteiger partial charge is 0.361 e. The molecule has 4 aliphatic carbocycles. The van der Waals surface area contributed by atoms with Crippen LogP contribution in [0.25, 0.3) is 11.5 Å². The molecule has 6 heteroatoms. The molecule has 0 spiro atoms. The van der Waals surface area contributed by atoms with Crippen LogP contribution in [-0.2, 0) is 9.53 Å². The molecule has 0 saturated heterocycles. The Labute approximate surface area is 182 Å². The summed E-state index contributed by atoms with van der Waals surface area (Å²) in [6.07, 6.45) is 7.79. The highest BCUT2D eigenvalue weighted by Crippen LogP contribution is 2.61. The first kappa shape index (κ1) is 20.3.